The van der Waals surface area contributed by atoms with E-state index < -0.39 is 11.7 Å². The molecule has 0 bridgehead atoms. The fourth-order valence-electron chi connectivity index (χ4n) is 1.46. The Bertz CT molecular complexity index is 116. The Hall–Kier alpha value is -0.0800. The minimum Gasteiger partial charge on any atom is -0.390 e. The number of aliphatic hydroxyl groups excluding tert-OH is 1. The molecule has 0 amide bonds. The van der Waals surface area contributed by atoms with Crippen LogP contribution in [-0.4, -0.2) is 21.9 Å². The summed E-state index contributed by atoms with van der Waals surface area (Å²) in [5.74, 6) is 0.172. The first kappa shape index (κ1) is 8.02. The van der Waals surface area contributed by atoms with Gasteiger partial charge in [0.15, 0.2) is 0 Å². The Morgan fingerprint density at radius 1 is 1.30 bits per heavy atom. The van der Waals surface area contributed by atoms with Crippen molar-refractivity contribution in [2.45, 2.75) is 44.8 Å². The van der Waals surface area contributed by atoms with E-state index in [0.29, 0.717) is 0 Å². The zero-order valence-corrected chi connectivity index (χ0v) is 6.67. The quantitative estimate of drug-likeness (QED) is 0.605. The van der Waals surface area contributed by atoms with Crippen LogP contribution in [0.1, 0.15) is 33.1 Å². The lowest BCUT2D eigenvalue weighted by Crippen LogP contribution is -2.50. The average molecular weight is 144 g/mol. The highest BCUT2D eigenvalue weighted by molar-refractivity contribution is 4.94. The van der Waals surface area contributed by atoms with Gasteiger partial charge in [0.05, 0.1) is 11.7 Å². The molecule has 0 aliphatic heterocycles. The van der Waals surface area contributed by atoms with E-state index in [0.717, 1.165) is 19.3 Å². The van der Waals surface area contributed by atoms with Gasteiger partial charge < -0.3 is 10.2 Å². The minimum atomic E-state index is -0.742. The molecule has 1 fully saturated rings. The molecule has 1 aliphatic carbocycles. The zero-order chi connectivity index (χ0) is 7.78. The molecule has 2 N–H and O–H groups in total. The van der Waals surface area contributed by atoms with Crippen LogP contribution in [0, 0.1) is 5.92 Å². The highest BCUT2D eigenvalue weighted by Crippen LogP contribution is 2.37. The van der Waals surface area contributed by atoms with E-state index in [1.165, 1.54) is 0 Å². The van der Waals surface area contributed by atoms with Gasteiger partial charge in [-0.2, -0.15) is 0 Å². The van der Waals surface area contributed by atoms with Gasteiger partial charge in [-0.3, -0.25) is 0 Å². The van der Waals surface area contributed by atoms with Crippen LogP contribution in [0.4, 0.5) is 0 Å². The molecule has 1 aliphatic rings. The van der Waals surface area contributed by atoms with Crippen LogP contribution < -0.4 is 0 Å². The lowest BCUT2D eigenvalue weighted by Gasteiger charge is -2.42. The van der Waals surface area contributed by atoms with Crippen molar-refractivity contribution in [3.63, 3.8) is 0 Å². The molecule has 0 aromatic rings. The van der Waals surface area contributed by atoms with Crippen molar-refractivity contribution in [3.8, 4) is 0 Å². The molecule has 60 valence electrons. The molecule has 10 heavy (non-hydrogen) atoms. The van der Waals surface area contributed by atoms with Crippen LogP contribution in [0.3, 0.4) is 0 Å². The molecule has 2 nitrogen and oxygen atoms in total. The zero-order valence-electron chi connectivity index (χ0n) is 6.67. The summed E-state index contributed by atoms with van der Waals surface area (Å²) in [6.45, 7) is 3.86. The standard InChI is InChI=1S/C8H16O2/c1-6(2)7(9)8(10)4-3-5-8/h6-7,9-10H,3-5H2,1-2H3. The SMILES string of the molecule is CC(C)C(O)C1(O)CCC1. The van der Waals surface area contributed by atoms with Gasteiger partial charge in [-0.1, -0.05) is 13.8 Å². The van der Waals surface area contributed by atoms with Gasteiger partial charge in [0, 0.05) is 0 Å². The maximum absolute atomic E-state index is 9.60. The molecule has 0 aromatic carbocycles. The van der Waals surface area contributed by atoms with Crippen LogP contribution >= 0.6 is 0 Å². The Kier molecular flexibility index (Phi) is 2.02. The maximum atomic E-state index is 9.60. The Balaban J connectivity index is 2.46. The first-order chi connectivity index (χ1) is 4.56. The summed E-state index contributed by atoms with van der Waals surface area (Å²) in [5.41, 5.74) is -0.742. The third kappa shape index (κ3) is 1.18. The smallest absolute Gasteiger partial charge is 0.0908 e. The van der Waals surface area contributed by atoms with Crippen molar-refractivity contribution < 1.29 is 10.2 Å². The van der Waals surface area contributed by atoms with Crippen molar-refractivity contribution in [3.05, 3.63) is 0 Å². The third-order valence-electron chi connectivity index (χ3n) is 2.40. The minimum absolute atomic E-state index is 0.172. The van der Waals surface area contributed by atoms with Crippen LogP contribution in [0.15, 0.2) is 0 Å². The van der Waals surface area contributed by atoms with E-state index >= 15 is 0 Å². The molecule has 1 saturated carbocycles. The van der Waals surface area contributed by atoms with E-state index in [4.69, 9.17) is 0 Å². The predicted molar refractivity (Wildman–Crippen MR) is 39.6 cm³/mol. The summed E-state index contributed by atoms with van der Waals surface area (Å²) in [6.07, 6.45) is 2.07. The highest BCUT2D eigenvalue weighted by Gasteiger charge is 2.42. The predicted octanol–water partition coefficient (Wildman–Crippen LogP) is 0.918. The molecular weight excluding hydrogens is 128 g/mol. The normalized spacial score (nSPS) is 26.1. The van der Waals surface area contributed by atoms with Crippen molar-refractivity contribution in [1.29, 1.82) is 0 Å². The van der Waals surface area contributed by atoms with Gasteiger partial charge in [-0.15, -0.1) is 0 Å². The third-order valence-corrected chi connectivity index (χ3v) is 2.40. The van der Waals surface area contributed by atoms with Crippen molar-refractivity contribution >= 4 is 0 Å². The van der Waals surface area contributed by atoms with Gasteiger partial charge >= 0.3 is 0 Å². The summed E-state index contributed by atoms with van der Waals surface area (Å²) < 4.78 is 0. The summed E-state index contributed by atoms with van der Waals surface area (Å²) in [5, 5.41) is 19.1. The van der Waals surface area contributed by atoms with Crippen molar-refractivity contribution in [2.24, 2.45) is 5.92 Å². The lowest BCUT2D eigenvalue weighted by atomic mass is 9.73. The second-order valence-corrected chi connectivity index (χ2v) is 3.65. The van der Waals surface area contributed by atoms with E-state index in [1.54, 1.807) is 0 Å². The van der Waals surface area contributed by atoms with Gasteiger partial charge in [-0.25, -0.2) is 0 Å². The summed E-state index contributed by atoms with van der Waals surface area (Å²) in [7, 11) is 0. The summed E-state index contributed by atoms with van der Waals surface area (Å²) >= 11 is 0. The van der Waals surface area contributed by atoms with Crippen LogP contribution in [0.25, 0.3) is 0 Å². The molecule has 0 saturated heterocycles. The molecule has 2 heteroatoms. The Labute approximate surface area is 61.9 Å². The van der Waals surface area contributed by atoms with Crippen LogP contribution in [0.2, 0.25) is 0 Å². The fourth-order valence-corrected chi connectivity index (χ4v) is 1.46. The molecule has 1 rings (SSSR count). The maximum Gasteiger partial charge on any atom is 0.0908 e. The molecule has 0 spiro atoms. The molecule has 0 heterocycles. The number of aliphatic hydroxyl groups is 2. The van der Waals surface area contributed by atoms with E-state index in [2.05, 4.69) is 0 Å². The summed E-state index contributed by atoms with van der Waals surface area (Å²) in [4.78, 5) is 0. The Morgan fingerprint density at radius 2 is 1.80 bits per heavy atom. The molecule has 1 atom stereocenters. The average Bonchev–Trinajstić information content (AvgIpc) is 1.81. The molecule has 0 aromatic heterocycles. The molecule has 1 unspecified atom stereocenters. The highest BCUT2D eigenvalue weighted by atomic mass is 16.3. The van der Waals surface area contributed by atoms with Gasteiger partial charge in [0.25, 0.3) is 0 Å². The van der Waals surface area contributed by atoms with Crippen LogP contribution in [0.5, 0.6) is 0 Å². The molecule has 0 radical (unpaired) electrons. The van der Waals surface area contributed by atoms with Crippen molar-refractivity contribution in [2.75, 3.05) is 0 Å². The molecular formula is C8H16O2. The number of hydrogen-bond acceptors (Lipinski definition) is 2. The first-order valence-corrected chi connectivity index (χ1v) is 3.97. The van der Waals surface area contributed by atoms with Crippen LogP contribution in [-0.2, 0) is 0 Å². The van der Waals surface area contributed by atoms with E-state index in [9.17, 15) is 10.2 Å². The first-order valence-electron chi connectivity index (χ1n) is 3.97. The Morgan fingerprint density at radius 3 is 1.90 bits per heavy atom. The fraction of sp³-hybridized carbons (Fsp3) is 1.00. The van der Waals surface area contributed by atoms with E-state index in [1.807, 2.05) is 13.8 Å². The van der Waals surface area contributed by atoms with E-state index in [-0.39, 0.29) is 5.92 Å². The van der Waals surface area contributed by atoms with Gasteiger partial charge in [0.1, 0.15) is 0 Å². The summed E-state index contributed by atoms with van der Waals surface area (Å²) in [6, 6.07) is 0. The topological polar surface area (TPSA) is 40.5 Å². The number of hydrogen-bond donors (Lipinski definition) is 2. The lowest BCUT2D eigenvalue weighted by molar-refractivity contribution is -0.140. The van der Waals surface area contributed by atoms with Gasteiger partial charge in [0.2, 0.25) is 0 Å². The second-order valence-electron chi connectivity index (χ2n) is 3.65. The second kappa shape index (κ2) is 2.51. The van der Waals surface area contributed by atoms with Crippen molar-refractivity contribution in [1.82, 2.24) is 0 Å². The monoisotopic (exact) mass is 144 g/mol. The van der Waals surface area contributed by atoms with Gasteiger partial charge in [-0.05, 0) is 25.2 Å². The largest absolute Gasteiger partial charge is 0.390 e. The number of rotatable bonds is 2.